The summed E-state index contributed by atoms with van der Waals surface area (Å²) in [5.41, 5.74) is 4.76. The van der Waals surface area contributed by atoms with E-state index in [2.05, 4.69) is 50.0 Å². The van der Waals surface area contributed by atoms with E-state index in [1.54, 1.807) is 30.9 Å². The molecule has 5 aromatic rings. The maximum Gasteiger partial charge on any atom is 0.242 e. The first kappa shape index (κ1) is 43.0. The lowest BCUT2D eigenvalue weighted by Crippen LogP contribution is -2.50. The second kappa shape index (κ2) is 21.4. The molecule has 0 unspecified atom stereocenters. The number of aliphatic hydroxyl groups is 1. The van der Waals surface area contributed by atoms with Crippen LogP contribution in [0.15, 0.2) is 85.6 Å². The number of amides is 3. The lowest BCUT2D eigenvalue weighted by molar-refractivity contribution is -0.131. The number of aliphatic hydroxyl groups excluding tert-OH is 1. The fourth-order valence-corrected chi connectivity index (χ4v) is 7.99. The zero-order valence-corrected chi connectivity index (χ0v) is 34.6. The van der Waals surface area contributed by atoms with Crippen molar-refractivity contribution in [2.45, 2.75) is 128 Å². The minimum Gasteiger partial charge on any atom is -0.390 e. The van der Waals surface area contributed by atoms with Crippen LogP contribution in [0.2, 0.25) is 0 Å². The summed E-state index contributed by atoms with van der Waals surface area (Å²) in [4.78, 5) is 55.2. The Balaban J connectivity index is 1.27. The molecule has 3 amide bonds. The molecule has 4 aromatic heterocycles. The maximum atomic E-state index is 14.8. The van der Waals surface area contributed by atoms with Crippen molar-refractivity contribution < 1.29 is 19.5 Å². The molecule has 312 valence electrons. The Morgan fingerprint density at radius 1 is 0.864 bits per heavy atom. The monoisotopic (exact) mass is 801 g/mol. The molecule has 1 fully saturated rings. The largest absolute Gasteiger partial charge is 0.390 e. The summed E-state index contributed by atoms with van der Waals surface area (Å²) in [7, 11) is 0. The van der Waals surface area contributed by atoms with Gasteiger partial charge in [0.15, 0.2) is 5.65 Å². The van der Waals surface area contributed by atoms with Crippen molar-refractivity contribution in [2.75, 3.05) is 0 Å². The number of pyridine rings is 2. The first-order valence-corrected chi connectivity index (χ1v) is 21.3. The summed E-state index contributed by atoms with van der Waals surface area (Å²) >= 11 is 0. The van der Waals surface area contributed by atoms with E-state index in [0.717, 1.165) is 73.0 Å². The molecule has 0 bridgehead atoms. The number of aromatic nitrogens is 6. The Kier molecular flexibility index (Phi) is 15.6. The van der Waals surface area contributed by atoms with Crippen LogP contribution in [0.25, 0.3) is 16.9 Å². The van der Waals surface area contributed by atoms with Gasteiger partial charge in [-0.3, -0.25) is 28.8 Å². The van der Waals surface area contributed by atoms with Gasteiger partial charge in [0.05, 0.1) is 30.0 Å². The third-order valence-corrected chi connectivity index (χ3v) is 11.1. The zero-order valence-electron chi connectivity index (χ0n) is 34.6. The minimum absolute atomic E-state index is 0.276. The van der Waals surface area contributed by atoms with Gasteiger partial charge >= 0.3 is 0 Å². The third-order valence-electron chi connectivity index (χ3n) is 11.1. The quantitative estimate of drug-likeness (QED) is 0.0704. The van der Waals surface area contributed by atoms with E-state index in [-0.39, 0.29) is 37.1 Å². The van der Waals surface area contributed by atoms with E-state index < -0.39 is 30.0 Å². The Morgan fingerprint density at radius 2 is 1.59 bits per heavy atom. The molecule has 1 aliphatic rings. The second-order valence-corrected chi connectivity index (χ2v) is 16.4. The zero-order chi connectivity index (χ0) is 41.6. The van der Waals surface area contributed by atoms with Crippen LogP contribution >= 0.6 is 0 Å². The number of carbonyl (C=O) groups excluding carboxylic acids is 3. The normalized spacial score (nSPS) is 15.3. The fraction of sp³-hybridized carbons (Fsp3) is 0.478. The summed E-state index contributed by atoms with van der Waals surface area (Å²) in [6.45, 7) is 6.58. The summed E-state index contributed by atoms with van der Waals surface area (Å²) in [5, 5.41) is 30.2. The van der Waals surface area contributed by atoms with Crippen molar-refractivity contribution in [3.63, 3.8) is 0 Å². The highest BCUT2D eigenvalue weighted by Gasteiger charge is 2.34. The lowest BCUT2D eigenvalue weighted by Gasteiger charge is -2.31. The highest BCUT2D eigenvalue weighted by atomic mass is 16.3. The van der Waals surface area contributed by atoms with Crippen LogP contribution in [-0.2, 0) is 33.8 Å². The van der Waals surface area contributed by atoms with Gasteiger partial charge in [-0.15, -0.1) is 10.2 Å². The van der Waals surface area contributed by atoms with Crippen LogP contribution in [0.5, 0.6) is 0 Å². The Labute approximate surface area is 347 Å². The van der Waals surface area contributed by atoms with Gasteiger partial charge in [0, 0.05) is 43.1 Å². The predicted octanol–water partition coefficient (Wildman–Crippen LogP) is 6.30. The van der Waals surface area contributed by atoms with Crippen LogP contribution in [0, 0.1) is 11.8 Å². The van der Waals surface area contributed by atoms with Gasteiger partial charge in [-0.05, 0) is 60.8 Å². The average molecular weight is 802 g/mol. The molecule has 1 aromatic carbocycles. The smallest absolute Gasteiger partial charge is 0.242 e. The molecule has 0 aliphatic heterocycles. The van der Waals surface area contributed by atoms with Gasteiger partial charge in [-0.25, -0.2) is 4.98 Å². The van der Waals surface area contributed by atoms with Crippen LogP contribution in [0.1, 0.15) is 114 Å². The van der Waals surface area contributed by atoms with Crippen LogP contribution in [-0.4, -0.2) is 70.6 Å². The molecule has 4 N–H and O–H groups in total. The molecule has 0 radical (unpaired) electrons. The van der Waals surface area contributed by atoms with Gasteiger partial charge in [-0.1, -0.05) is 108 Å². The molecule has 1 saturated carbocycles. The number of nitrogens with zero attached hydrogens (tertiary/aromatic N) is 6. The first-order chi connectivity index (χ1) is 28.7. The summed E-state index contributed by atoms with van der Waals surface area (Å²) < 4.78 is 1.89. The van der Waals surface area contributed by atoms with Gasteiger partial charge in [0.25, 0.3) is 0 Å². The lowest BCUT2D eigenvalue weighted by atomic mass is 9.83. The highest BCUT2D eigenvalue weighted by molar-refractivity contribution is 5.88. The Morgan fingerprint density at radius 3 is 2.27 bits per heavy atom. The molecule has 4 heterocycles. The number of unbranched alkanes of at least 4 members (excludes halogenated alkanes) is 1. The number of benzene rings is 1. The third kappa shape index (κ3) is 12.2. The SMILES string of the molecule is CCCC[C@H](NC(=O)C[C@H](O)[C@H](CC1CCCCC1)NC(=O)[C@H](Cc1cccnc1)c1nnc2c(CC(C)C)nc(-c3ccccc3)cn12)C(=O)NCc1cccnc1. The van der Waals surface area contributed by atoms with Crippen LogP contribution < -0.4 is 16.0 Å². The Bertz CT molecular complexity index is 2090. The van der Waals surface area contributed by atoms with Gasteiger partial charge < -0.3 is 21.1 Å². The highest BCUT2D eigenvalue weighted by Crippen LogP contribution is 2.30. The number of carbonyl (C=O) groups is 3. The van der Waals surface area contributed by atoms with Crippen LogP contribution in [0.4, 0.5) is 0 Å². The predicted molar refractivity (Wildman–Crippen MR) is 227 cm³/mol. The van der Waals surface area contributed by atoms with Gasteiger partial charge in [-0.2, -0.15) is 0 Å². The number of hydrogen-bond donors (Lipinski definition) is 4. The first-order valence-electron chi connectivity index (χ1n) is 21.3. The summed E-state index contributed by atoms with van der Waals surface area (Å²) in [6.07, 6.45) is 16.0. The number of fused-ring (bicyclic) bond motifs is 1. The van der Waals surface area contributed by atoms with E-state index in [0.29, 0.717) is 36.7 Å². The van der Waals surface area contributed by atoms with Crippen molar-refractivity contribution in [1.82, 2.24) is 45.5 Å². The van der Waals surface area contributed by atoms with Crippen molar-refractivity contribution in [2.24, 2.45) is 11.8 Å². The minimum atomic E-state index is -1.20. The fourth-order valence-electron chi connectivity index (χ4n) is 7.99. The van der Waals surface area contributed by atoms with Crippen molar-refractivity contribution in [3.8, 4) is 11.3 Å². The van der Waals surface area contributed by atoms with Gasteiger partial charge in [0.2, 0.25) is 17.7 Å². The number of hydrogen-bond acceptors (Lipinski definition) is 9. The molecule has 13 nitrogen and oxygen atoms in total. The molecular weight excluding hydrogens is 743 g/mol. The van der Waals surface area contributed by atoms with Crippen molar-refractivity contribution in [3.05, 3.63) is 108 Å². The van der Waals surface area contributed by atoms with E-state index >= 15 is 0 Å². The van der Waals surface area contributed by atoms with E-state index in [1.165, 1.54) is 0 Å². The molecule has 1 aliphatic carbocycles. The molecular formula is C46H59N9O4. The number of nitrogens with one attached hydrogen (secondary N) is 3. The number of rotatable bonds is 20. The molecule has 6 rings (SSSR count). The van der Waals surface area contributed by atoms with Gasteiger partial charge in [0.1, 0.15) is 17.8 Å². The maximum absolute atomic E-state index is 14.8. The molecule has 0 saturated heterocycles. The van der Waals surface area contributed by atoms with E-state index in [9.17, 15) is 19.5 Å². The summed E-state index contributed by atoms with van der Waals surface area (Å²) in [6, 6.07) is 15.9. The molecule has 13 heteroatoms. The topological polar surface area (TPSA) is 176 Å². The van der Waals surface area contributed by atoms with Crippen molar-refractivity contribution >= 4 is 23.4 Å². The molecule has 4 atom stereocenters. The summed E-state index contributed by atoms with van der Waals surface area (Å²) in [5.74, 6) is -0.859. The molecule has 59 heavy (non-hydrogen) atoms. The average Bonchev–Trinajstić information content (AvgIpc) is 3.68. The van der Waals surface area contributed by atoms with E-state index in [1.807, 2.05) is 66.1 Å². The Hall–Kier alpha value is -5.56. The molecule has 0 spiro atoms. The standard InChI is InChI=1S/C46H59N9O4/c1-4-5-20-37(46(59)49-29-34-17-13-22-48-28-34)51-42(57)26-41(56)38(25-32-14-8-6-9-15-32)52-45(58)36(24-33-16-12-21-47-27-33)43-53-54-44-39(23-31(2)3)50-40(30-55(43)44)35-18-10-7-11-19-35/h7,10-13,16-19,21-22,27-28,30-32,36-38,41,56H,4-6,8-9,14-15,20,23-26,29H2,1-3H3,(H,49,59)(H,51,57)(H,52,58)/t36-,37+,38+,41+/m1/s1. The van der Waals surface area contributed by atoms with Crippen molar-refractivity contribution in [1.29, 1.82) is 0 Å². The second-order valence-electron chi connectivity index (χ2n) is 16.4. The van der Waals surface area contributed by atoms with Crippen LogP contribution in [0.3, 0.4) is 0 Å². The van der Waals surface area contributed by atoms with E-state index in [4.69, 9.17) is 4.98 Å².